The summed E-state index contributed by atoms with van der Waals surface area (Å²) in [4.78, 5) is 68.7. The molecule has 5 N–H and O–H groups in total. The number of rotatable bonds is 16. The van der Waals surface area contributed by atoms with E-state index in [9.17, 15) is 39.4 Å². The van der Waals surface area contributed by atoms with Gasteiger partial charge in [0.15, 0.2) is 0 Å². The maximum Gasteiger partial charge on any atom is 0.407 e. The second-order valence-electron chi connectivity index (χ2n) is 8.82. The predicted octanol–water partition coefficient (Wildman–Crippen LogP) is 2.17. The standard InChI is InChI=1S/C26H33N7O10.ClH/c1-27-25(36)42-15-19-13-17(5-7-21(19)32(38)39)23(34)30-11-3-9-29-10-4-12-31-24(35)18-6-8-22(33(40)41)20(14-18)16-43-26(37)28-2;/h5-8,13-14,29H,3-4,9-12,15-16H2,1-2H3,(H,27,36)(H,28,37)(H,30,34)(H,31,35);1H. The van der Waals surface area contributed by atoms with E-state index >= 15 is 0 Å². The molecule has 0 saturated heterocycles. The highest BCUT2D eigenvalue weighted by atomic mass is 35.5. The number of ether oxygens (including phenoxy) is 2. The lowest BCUT2D eigenvalue weighted by atomic mass is 10.1. The Bertz CT molecular complexity index is 1240. The Morgan fingerprint density at radius 2 is 1.07 bits per heavy atom. The average molecular weight is 640 g/mol. The van der Waals surface area contributed by atoms with Gasteiger partial charge in [-0.05, 0) is 50.2 Å². The topological polar surface area (TPSA) is 233 Å². The molecular weight excluding hydrogens is 606 g/mol. The average Bonchev–Trinajstić information content (AvgIpc) is 3.00. The van der Waals surface area contributed by atoms with Gasteiger partial charge in [0.25, 0.3) is 23.2 Å². The van der Waals surface area contributed by atoms with Crippen LogP contribution in [0.15, 0.2) is 36.4 Å². The zero-order valence-electron chi connectivity index (χ0n) is 24.0. The molecule has 0 bridgehead atoms. The number of carbonyl (C=O) groups excluding carboxylic acids is 4. The fraction of sp³-hybridized carbons (Fsp3) is 0.385. The van der Waals surface area contributed by atoms with Crippen LogP contribution in [0.5, 0.6) is 0 Å². The van der Waals surface area contributed by atoms with Gasteiger partial charge in [-0.1, -0.05) is 0 Å². The van der Waals surface area contributed by atoms with E-state index in [-0.39, 0.29) is 59.2 Å². The molecule has 0 aliphatic heterocycles. The highest BCUT2D eigenvalue weighted by Crippen LogP contribution is 2.22. The third-order valence-electron chi connectivity index (χ3n) is 5.83. The zero-order chi connectivity index (χ0) is 31.8. The largest absolute Gasteiger partial charge is 0.444 e. The minimum absolute atomic E-state index is 0. The third kappa shape index (κ3) is 12.1. The third-order valence-corrected chi connectivity index (χ3v) is 5.83. The van der Waals surface area contributed by atoms with Crippen molar-refractivity contribution in [2.75, 3.05) is 40.3 Å². The summed E-state index contributed by atoms with van der Waals surface area (Å²) in [7, 11) is 2.70. The van der Waals surface area contributed by atoms with Crippen LogP contribution in [-0.4, -0.2) is 74.1 Å². The smallest absolute Gasteiger partial charge is 0.407 e. The van der Waals surface area contributed by atoms with Crippen LogP contribution >= 0.6 is 12.4 Å². The second kappa shape index (κ2) is 19.2. The van der Waals surface area contributed by atoms with Gasteiger partial charge in [-0.15, -0.1) is 12.4 Å². The summed E-state index contributed by atoms with van der Waals surface area (Å²) in [5, 5.41) is 35.6. The van der Waals surface area contributed by atoms with Gasteiger partial charge in [0.05, 0.1) is 21.0 Å². The molecule has 0 aliphatic rings. The van der Waals surface area contributed by atoms with Crippen molar-refractivity contribution in [1.82, 2.24) is 26.6 Å². The van der Waals surface area contributed by atoms with Crippen LogP contribution in [0.2, 0.25) is 0 Å². The molecule has 0 unspecified atom stereocenters. The number of amides is 4. The molecular formula is C26H34ClN7O10. The predicted molar refractivity (Wildman–Crippen MR) is 159 cm³/mol. The molecule has 0 aliphatic carbocycles. The molecule has 2 aromatic carbocycles. The number of alkyl carbamates (subject to hydrolysis) is 2. The summed E-state index contributed by atoms with van der Waals surface area (Å²) >= 11 is 0. The van der Waals surface area contributed by atoms with E-state index in [4.69, 9.17) is 9.47 Å². The number of benzene rings is 2. The molecule has 0 spiro atoms. The van der Waals surface area contributed by atoms with Gasteiger partial charge in [-0.2, -0.15) is 0 Å². The van der Waals surface area contributed by atoms with E-state index < -0.39 is 33.8 Å². The van der Waals surface area contributed by atoms with Crippen LogP contribution in [0, 0.1) is 20.2 Å². The fourth-order valence-corrected chi connectivity index (χ4v) is 3.63. The van der Waals surface area contributed by atoms with Gasteiger partial charge < -0.3 is 36.1 Å². The Labute approximate surface area is 258 Å². The Balaban J connectivity index is 0.00000968. The van der Waals surface area contributed by atoms with Crippen LogP contribution < -0.4 is 26.6 Å². The van der Waals surface area contributed by atoms with Crippen molar-refractivity contribution in [2.24, 2.45) is 0 Å². The Morgan fingerprint density at radius 3 is 1.41 bits per heavy atom. The first-order chi connectivity index (χ1) is 20.6. The number of nitro benzene ring substituents is 2. The number of halogens is 1. The van der Waals surface area contributed by atoms with Crippen molar-refractivity contribution in [2.45, 2.75) is 26.1 Å². The number of hydrogen-bond donors (Lipinski definition) is 5. The fourth-order valence-electron chi connectivity index (χ4n) is 3.63. The van der Waals surface area contributed by atoms with E-state index in [0.29, 0.717) is 39.0 Å². The molecule has 0 atom stereocenters. The lowest BCUT2D eigenvalue weighted by Crippen LogP contribution is -2.29. The Morgan fingerprint density at radius 1 is 0.682 bits per heavy atom. The minimum atomic E-state index is -0.761. The lowest BCUT2D eigenvalue weighted by Gasteiger charge is -2.10. The van der Waals surface area contributed by atoms with Gasteiger partial charge >= 0.3 is 12.2 Å². The maximum atomic E-state index is 12.5. The van der Waals surface area contributed by atoms with E-state index in [0.717, 1.165) is 0 Å². The summed E-state index contributed by atoms with van der Waals surface area (Å²) < 4.78 is 9.74. The first-order valence-electron chi connectivity index (χ1n) is 13.1. The number of nitrogens with one attached hydrogen (secondary N) is 5. The van der Waals surface area contributed by atoms with Crippen molar-refractivity contribution >= 4 is 47.8 Å². The first-order valence-corrected chi connectivity index (χ1v) is 13.1. The van der Waals surface area contributed by atoms with Crippen LogP contribution in [0.25, 0.3) is 0 Å². The number of nitrogens with zero attached hydrogens (tertiary/aromatic N) is 2. The molecule has 18 heteroatoms. The summed E-state index contributed by atoms with van der Waals surface area (Å²) in [6, 6.07) is 7.61. The summed E-state index contributed by atoms with van der Waals surface area (Å²) in [6.45, 7) is 1.05. The van der Waals surface area contributed by atoms with Crippen molar-refractivity contribution < 1.29 is 38.5 Å². The van der Waals surface area contributed by atoms with E-state index in [1.807, 2.05) is 0 Å². The molecule has 17 nitrogen and oxygen atoms in total. The Kier molecular flexibility index (Phi) is 16.2. The molecule has 2 rings (SSSR count). The molecule has 44 heavy (non-hydrogen) atoms. The number of hydrogen-bond acceptors (Lipinski definition) is 11. The van der Waals surface area contributed by atoms with Crippen LogP contribution in [0.1, 0.15) is 44.7 Å². The molecule has 0 saturated carbocycles. The van der Waals surface area contributed by atoms with E-state index in [1.54, 1.807) is 0 Å². The van der Waals surface area contributed by atoms with Crippen molar-refractivity contribution in [1.29, 1.82) is 0 Å². The molecule has 240 valence electrons. The van der Waals surface area contributed by atoms with Gasteiger partial charge in [0.1, 0.15) is 13.2 Å². The molecule has 0 fully saturated rings. The van der Waals surface area contributed by atoms with Gasteiger partial charge in [0.2, 0.25) is 0 Å². The summed E-state index contributed by atoms with van der Waals surface area (Å²) in [5.74, 6) is -0.873. The SMILES string of the molecule is CNC(=O)OCc1cc(C(=O)NCCCNCCCNC(=O)c2ccc([N+](=O)[O-])c(COC(=O)NC)c2)ccc1[N+](=O)[O-].Cl. The van der Waals surface area contributed by atoms with Crippen LogP contribution in [0.3, 0.4) is 0 Å². The Hall–Kier alpha value is -5.03. The monoisotopic (exact) mass is 639 g/mol. The van der Waals surface area contributed by atoms with Gasteiger partial charge in [-0.3, -0.25) is 29.8 Å². The van der Waals surface area contributed by atoms with E-state index in [2.05, 4.69) is 26.6 Å². The van der Waals surface area contributed by atoms with Crippen molar-refractivity contribution in [3.05, 3.63) is 78.9 Å². The summed E-state index contributed by atoms with van der Waals surface area (Å²) in [6.07, 6.45) is -0.352. The minimum Gasteiger partial charge on any atom is -0.444 e. The second-order valence-corrected chi connectivity index (χ2v) is 8.82. The lowest BCUT2D eigenvalue weighted by molar-refractivity contribution is -0.386. The highest BCUT2D eigenvalue weighted by Gasteiger charge is 2.19. The molecule has 0 radical (unpaired) electrons. The van der Waals surface area contributed by atoms with Crippen LogP contribution in [0.4, 0.5) is 21.0 Å². The number of carbonyl (C=O) groups is 4. The van der Waals surface area contributed by atoms with E-state index in [1.165, 1.54) is 50.5 Å². The molecule has 0 aromatic heterocycles. The molecule has 2 aromatic rings. The summed E-state index contributed by atoms with van der Waals surface area (Å²) in [5.41, 5.74) is -0.0115. The first kappa shape index (κ1) is 37.0. The van der Waals surface area contributed by atoms with Crippen molar-refractivity contribution in [3.8, 4) is 0 Å². The van der Waals surface area contributed by atoms with Crippen molar-refractivity contribution in [3.63, 3.8) is 0 Å². The van der Waals surface area contributed by atoms with Gasteiger partial charge in [-0.25, -0.2) is 9.59 Å². The quantitative estimate of drug-likeness (QED) is 0.101. The zero-order valence-corrected chi connectivity index (χ0v) is 24.8. The van der Waals surface area contributed by atoms with Gasteiger partial charge in [0, 0.05) is 50.4 Å². The number of nitro groups is 2. The highest BCUT2D eigenvalue weighted by molar-refractivity contribution is 5.95. The maximum absolute atomic E-state index is 12.5. The molecule has 4 amide bonds. The van der Waals surface area contributed by atoms with Crippen LogP contribution in [-0.2, 0) is 22.7 Å². The molecule has 0 heterocycles. The normalized spacial score (nSPS) is 10.0.